The number of benzene rings is 2. The van der Waals surface area contributed by atoms with Crippen molar-refractivity contribution >= 4 is 39.5 Å². The number of carboxylic acids is 1. The van der Waals surface area contributed by atoms with Gasteiger partial charge in [-0.15, -0.1) is 0 Å². The van der Waals surface area contributed by atoms with Gasteiger partial charge in [0, 0.05) is 14.5 Å². The summed E-state index contributed by atoms with van der Waals surface area (Å²) < 4.78 is 39.0. The number of carbonyl (C=O) groups is 1. The maximum absolute atomic E-state index is 12.7. The summed E-state index contributed by atoms with van der Waals surface area (Å²) in [5.41, 5.74) is 1.63. The molecule has 7 heteroatoms. The molecule has 0 spiro atoms. The second kappa shape index (κ2) is 6.12. The van der Waals surface area contributed by atoms with Gasteiger partial charge in [0.2, 0.25) is 0 Å². The summed E-state index contributed by atoms with van der Waals surface area (Å²) in [5, 5.41) is 9.93. The molecular weight excluding hydrogens is 434 g/mol. The van der Waals surface area contributed by atoms with E-state index < -0.39 is 17.7 Å². The van der Waals surface area contributed by atoms with Crippen molar-refractivity contribution in [2.75, 3.05) is 0 Å². The van der Waals surface area contributed by atoms with Gasteiger partial charge in [-0.25, -0.2) is 0 Å². The molecule has 0 aliphatic carbocycles. The number of aromatic amines is 1. The van der Waals surface area contributed by atoms with Crippen molar-refractivity contribution in [1.82, 2.24) is 4.98 Å². The van der Waals surface area contributed by atoms with Crippen molar-refractivity contribution < 1.29 is 23.1 Å². The summed E-state index contributed by atoms with van der Waals surface area (Å²) >= 11 is 2.13. The number of alkyl halides is 3. The van der Waals surface area contributed by atoms with Gasteiger partial charge in [-0.3, -0.25) is 4.79 Å². The SMILES string of the molecule is O=C(O)Cc1c(-c2ccc(C(F)(F)F)cc2)[nH]c2ccc(I)cc12. The first kappa shape index (κ1) is 16.8. The van der Waals surface area contributed by atoms with Crippen LogP contribution in [0.5, 0.6) is 0 Å². The Morgan fingerprint density at radius 2 is 1.79 bits per heavy atom. The Morgan fingerprint density at radius 1 is 1.12 bits per heavy atom. The van der Waals surface area contributed by atoms with E-state index in [-0.39, 0.29) is 6.42 Å². The van der Waals surface area contributed by atoms with Crippen LogP contribution >= 0.6 is 22.6 Å². The molecule has 1 aromatic heterocycles. The van der Waals surface area contributed by atoms with Crippen molar-refractivity contribution in [2.24, 2.45) is 0 Å². The van der Waals surface area contributed by atoms with E-state index in [1.165, 1.54) is 12.1 Å². The van der Waals surface area contributed by atoms with Crippen LogP contribution in [-0.4, -0.2) is 16.1 Å². The standard InChI is InChI=1S/C17H11F3INO2/c18-17(19,20)10-3-1-9(2-4-10)16-13(8-15(23)24)12-7-11(21)5-6-14(12)22-16/h1-7,22H,8H2,(H,23,24). The molecule has 2 aromatic carbocycles. The maximum atomic E-state index is 12.7. The zero-order valence-corrected chi connectivity index (χ0v) is 14.3. The monoisotopic (exact) mass is 445 g/mol. The second-order valence-corrected chi connectivity index (χ2v) is 6.56. The first-order chi connectivity index (χ1) is 11.3. The van der Waals surface area contributed by atoms with Gasteiger partial charge in [-0.05, 0) is 64.0 Å². The van der Waals surface area contributed by atoms with Gasteiger partial charge in [0.05, 0.1) is 17.7 Å². The lowest BCUT2D eigenvalue weighted by Crippen LogP contribution is -2.04. The number of hydrogen-bond donors (Lipinski definition) is 2. The molecule has 0 saturated heterocycles. The number of H-pyrrole nitrogens is 1. The molecule has 0 saturated carbocycles. The van der Waals surface area contributed by atoms with E-state index in [0.29, 0.717) is 16.8 Å². The molecule has 0 atom stereocenters. The lowest BCUT2D eigenvalue weighted by molar-refractivity contribution is -0.138. The predicted molar refractivity (Wildman–Crippen MR) is 92.8 cm³/mol. The molecule has 0 amide bonds. The average Bonchev–Trinajstić information content (AvgIpc) is 2.84. The summed E-state index contributed by atoms with van der Waals surface area (Å²) in [6, 6.07) is 10.3. The number of rotatable bonds is 3. The number of aromatic nitrogens is 1. The van der Waals surface area contributed by atoms with Gasteiger partial charge in [0.25, 0.3) is 0 Å². The number of hydrogen-bond acceptors (Lipinski definition) is 1. The molecular formula is C17H11F3INO2. The summed E-state index contributed by atoms with van der Waals surface area (Å²) in [5.74, 6) is -0.997. The third-order valence-corrected chi connectivity index (χ3v) is 4.37. The lowest BCUT2D eigenvalue weighted by atomic mass is 10.0. The number of nitrogens with one attached hydrogen (secondary N) is 1. The molecule has 2 N–H and O–H groups in total. The molecule has 3 aromatic rings. The lowest BCUT2D eigenvalue weighted by Gasteiger charge is -2.08. The van der Waals surface area contributed by atoms with Crippen molar-refractivity contribution in [2.45, 2.75) is 12.6 Å². The van der Waals surface area contributed by atoms with Gasteiger partial charge in [-0.1, -0.05) is 12.1 Å². The minimum Gasteiger partial charge on any atom is -0.481 e. The van der Waals surface area contributed by atoms with Crippen LogP contribution in [0.3, 0.4) is 0 Å². The van der Waals surface area contributed by atoms with E-state index in [1.807, 2.05) is 18.2 Å². The zero-order valence-electron chi connectivity index (χ0n) is 12.1. The van der Waals surface area contributed by atoms with Crippen molar-refractivity contribution in [3.8, 4) is 11.3 Å². The Bertz CT molecular complexity index is 914. The largest absolute Gasteiger partial charge is 0.481 e. The highest BCUT2D eigenvalue weighted by Gasteiger charge is 2.30. The van der Waals surface area contributed by atoms with E-state index >= 15 is 0 Å². The molecule has 0 aliphatic rings. The van der Waals surface area contributed by atoms with Crippen LogP contribution in [0.25, 0.3) is 22.2 Å². The summed E-state index contributed by atoms with van der Waals surface area (Å²) in [4.78, 5) is 14.3. The number of fused-ring (bicyclic) bond motifs is 1. The van der Waals surface area contributed by atoms with Crippen LogP contribution in [0.4, 0.5) is 13.2 Å². The van der Waals surface area contributed by atoms with Crippen LogP contribution in [-0.2, 0) is 17.4 Å². The number of halogens is 4. The third-order valence-electron chi connectivity index (χ3n) is 3.70. The van der Waals surface area contributed by atoms with E-state index in [4.69, 9.17) is 0 Å². The average molecular weight is 445 g/mol. The Kier molecular flexibility index (Phi) is 4.29. The van der Waals surface area contributed by atoms with Gasteiger partial charge in [0.15, 0.2) is 0 Å². The Labute approximate surface area is 148 Å². The summed E-state index contributed by atoms with van der Waals surface area (Å²) in [7, 11) is 0. The fourth-order valence-electron chi connectivity index (χ4n) is 2.63. The fourth-order valence-corrected chi connectivity index (χ4v) is 3.12. The first-order valence-corrected chi connectivity index (χ1v) is 8.03. The van der Waals surface area contributed by atoms with Crippen molar-refractivity contribution in [3.63, 3.8) is 0 Å². The Balaban J connectivity index is 2.16. The predicted octanol–water partition coefficient (Wildman–Crippen LogP) is 5.09. The van der Waals surface area contributed by atoms with Crippen LogP contribution in [0, 0.1) is 3.57 Å². The fraction of sp³-hybridized carbons (Fsp3) is 0.118. The molecule has 1 heterocycles. The van der Waals surface area contributed by atoms with Gasteiger partial charge < -0.3 is 10.1 Å². The Morgan fingerprint density at radius 3 is 2.38 bits per heavy atom. The molecule has 0 unspecified atom stereocenters. The highest BCUT2D eigenvalue weighted by atomic mass is 127. The highest BCUT2D eigenvalue weighted by molar-refractivity contribution is 14.1. The number of carboxylic acid groups (broad SMARTS) is 1. The first-order valence-electron chi connectivity index (χ1n) is 6.95. The van der Waals surface area contributed by atoms with Gasteiger partial charge in [-0.2, -0.15) is 13.2 Å². The normalized spacial score (nSPS) is 11.8. The van der Waals surface area contributed by atoms with Crippen LogP contribution in [0.1, 0.15) is 11.1 Å². The van der Waals surface area contributed by atoms with E-state index in [9.17, 15) is 23.1 Å². The Hall–Kier alpha value is -2.03. The molecule has 3 rings (SSSR count). The molecule has 0 fully saturated rings. The zero-order chi connectivity index (χ0) is 17.5. The van der Waals surface area contributed by atoms with Crippen LogP contribution in [0.2, 0.25) is 0 Å². The minimum atomic E-state index is -4.40. The smallest absolute Gasteiger partial charge is 0.416 e. The molecule has 124 valence electrons. The van der Waals surface area contributed by atoms with Crippen molar-refractivity contribution in [1.29, 1.82) is 0 Å². The molecule has 3 nitrogen and oxygen atoms in total. The molecule has 0 bridgehead atoms. The highest BCUT2D eigenvalue weighted by Crippen LogP contribution is 2.34. The van der Waals surface area contributed by atoms with Gasteiger partial charge in [0.1, 0.15) is 0 Å². The summed E-state index contributed by atoms with van der Waals surface area (Å²) in [6.07, 6.45) is -4.62. The van der Waals surface area contributed by atoms with E-state index in [1.54, 1.807) is 0 Å². The molecule has 0 radical (unpaired) electrons. The quantitative estimate of drug-likeness (QED) is 0.553. The second-order valence-electron chi connectivity index (χ2n) is 5.31. The third kappa shape index (κ3) is 3.26. The van der Waals surface area contributed by atoms with E-state index in [0.717, 1.165) is 26.6 Å². The minimum absolute atomic E-state index is 0.212. The maximum Gasteiger partial charge on any atom is 0.416 e. The topological polar surface area (TPSA) is 53.1 Å². The van der Waals surface area contributed by atoms with E-state index in [2.05, 4.69) is 27.6 Å². The van der Waals surface area contributed by atoms with Crippen molar-refractivity contribution in [3.05, 3.63) is 57.2 Å². The summed E-state index contributed by atoms with van der Waals surface area (Å²) in [6.45, 7) is 0. The van der Waals surface area contributed by atoms with Gasteiger partial charge >= 0.3 is 12.1 Å². The molecule has 24 heavy (non-hydrogen) atoms. The van der Waals surface area contributed by atoms with Crippen LogP contribution in [0.15, 0.2) is 42.5 Å². The molecule has 0 aliphatic heterocycles. The van der Waals surface area contributed by atoms with Crippen LogP contribution < -0.4 is 0 Å². The number of aliphatic carboxylic acids is 1.